The first-order valence-electron chi connectivity index (χ1n) is 8.39. The monoisotopic (exact) mass is 342 g/mol. The Bertz CT molecular complexity index is 688. The van der Waals surface area contributed by atoms with Gasteiger partial charge in [-0.1, -0.05) is 36.4 Å². The zero-order valence-corrected chi connectivity index (χ0v) is 15.0. The Hall–Kier alpha value is -2.37. The fraction of sp³-hybridized carbons (Fsp3) is 0.350. The van der Waals surface area contributed by atoms with Crippen LogP contribution in [0.1, 0.15) is 29.7 Å². The van der Waals surface area contributed by atoms with Gasteiger partial charge in [-0.05, 0) is 42.7 Å². The summed E-state index contributed by atoms with van der Waals surface area (Å²) in [6.45, 7) is 5.61. The molecule has 2 amide bonds. The zero-order valence-electron chi connectivity index (χ0n) is 15.0. The second kappa shape index (κ2) is 9.81. The summed E-state index contributed by atoms with van der Waals surface area (Å²) < 4.78 is 10.4. The van der Waals surface area contributed by atoms with Crippen LogP contribution in [0.3, 0.4) is 0 Å². The van der Waals surface area contributed by atoms with Crippen molar-refractivity contribution >= 4 is 11.7 Å². The maximum Gasteiger partial charge on any atom is 0.319 e. The molecular weight excluding hydrogens is 316 g/mol. The molecule has 2 rings (SSSR count). The lowest BCUT2D eigenvalue weighted by molar-refractivity contribution is 0.0617. The quantitative estimate of drug-likeness (QED) is 0.712. The molecule has 5 nitrogen and oxygen atoms in total. The molecule has 0 aliphatic heterocycles. The summed E-state index contributed by atoms with van der Waals surface area (Å²) in [4.78, 5) is 12.2. The van der Waals surface area contributed by atoms with Gasteiger partial charge >= 0.3 is 6.03 Å². The first-order valence-corrected chi connectivity index (χ1v) is 8.39. The second-order valence-corrected chi connectivity index (χ2v) is 5.92. The fourth-order valence-corrected chi connectivity index (χ4v) is 2.59. The van der Waals surface area contributed by atoms with Crippen molar-refractivity contribution in [3.8, 4) is 0 Å². The number of hydrogen-bond donors (Lipinski definition) is 2. The van der Waals surface area contributed by atoms with Gasteiger partial charge in [0.05, 0.1) is 25.9 Å². The first-order chi connectivity index (χ1) is 12.1. The van der Waals surface area contributed by atoms with Gasteiger partial charge in [-0.3, -0.25) is 0 Å². The van der Waals surface area contributed by atoms with E-state index in [-0.39, 0.29) is 12.1 Å². The second-order valence-electron chi connectivity index (χ2n) is 5.92. The van der Waals surface area contributed by atoms with Crippen LogP contribution in [0.25, 0.3) is 0 Å². The van der Waals surface area contributed by atoms with Gasteiger partial charge in [0.2, 0.25) is 0 Å². The first kappa shape index (κ1) is 19.0. The number of nitrogens with one attached hydrogen (secondary N) is 2. The summed E-state index contributed by atoms with van der Waals surface area (Å²) in [6.07, 6.45) is 0. The van der Waals surface area contributed by atoms with Crippen molar-refractivity contribution in [2.24, 2.45) is 0 Å². The molecule has 2 aromatic carbocycles. The third kappa shape index (κ3) is 6.21. The normalized spacial score (nSPS) is 11.8. The number of carbonyl (C=O) groups excluding carboxylic acids is 1. The molecule has 1 atom stereocenters. The molecular formula is C20H26N2O3. The number of benzene rings is 2. The van der Waals surface area contributed by atoms with E-state index >= 15 is 0 Å². The lowest BCUT2D eigenvalue weighted by Crippen LogP contribution is -2.31. The summed E-state index contributed by atoms with van der Waals surface area (Å²) in [5, 5.41) is 5.84. The number of urea groups is 1. The summed E-state index contributed by atoms with van der Waals surface area (Å²) in [5.41, 5.74) is 4.01. The van der Waals surface area contributed by atoms with Crippen LogP contribution in [-0.4, -0.2) is 26.4 Å². The number of amides is 2. The maximum atomic E-state index is 12.2. The molecule has 0 saturated heterocycles. The minimum atomic E-state index is -0.229. The average Bonchev–Trinajstić information content (AvgIpc) is 2.59. The van der Waals surface area contributed by atoms with Crippen LogP contribution in [0, 0.1) is 6.92 Å². The molecule has 2 aromatic rings. The van der Waals surface area contributed by atoms with Crippen LogP contribution in [0.2, 0.25) is 0 Å². The van der Waals surface area contributed by atoms with Crippen molar-refractivity contribution in [3.05, 3.63) is 65.2 Å². The lowest BCUT2D eigenvalue weighted by atomic mass is 10.0. The average molecular weight is 342 g/mol. The van der Waals surface area contributed by atoms with E-state index in [2.05, 4.69) is 10.6 Å². The van der Waals surface area contributed by atoms with E-state index in [0.29, 0.717) is 19.8 Å². The third-order valence-corrected chi connectivity index (χ3v) is 3.89. The predicted octanol–water partition coefficient (Wildman–Crippen LogP) is 4.04. The number of rotatable bonds is 8. The van der Waals surface area contributed by atoms with Crippen LogP contribution in [0.5, 0.6) is 0 Å². The number of anilines is 1. The van der Waals surface area contributed by atoms with E-state index < -0.39 is 0 Å². The van der Waals surface area contributed by atoms with Crippen molar-refractivity contribution in [3.63, 3.8) is 0 Å². The Kier molecular flexibility index (Phi) is 7.44. The molecule has 0 fully saturated rings. The smallest absolute Gasteiger partial charge is 0.319 e. The van der Waals surface area contributed by atoms with Crippen molar-refractivity contribution < 1.29 is 14.3 Å². The third-order valence-electron chi connectivity index (χ3n) is 3.89. The van der Waals surface area contributed by atoms with Crippen LogP contribution < -0.4 is 10.6 Å². The van der Waals surface area contributed by atoms with Gasteiger partial charge in [0.25, 0.3) is 0 Å². The SMILES string of the molecule is COCCOCc1cccc(NC(=O)NC(C)c2ccccc2C)c1. The lowest BCUT2D eigenvalue weighted by Gasteiger charge is -2.17. The molecule has 0 radical (unpaired) electrons. The molecule has 2 N–H and O–H groups in total. The number of aryl methyl sites for hydroxylation is 1. The minimum Gasteiger partial charge on any atom is -0.382 e. The Morgan fingerprint density at radius 3 is 2.68 bits per heavy atom. The van der Waals surface area contributed by atoms with Crippen molar-refractivity contribution in [2.45, 2.75) is 26.5 Å². The number of hydrogen-bond acceptors (Lipinski definition) is 3. The van der Waals surface area contributed by atoms with Gasteiger partial charge in [-0.15, -0.1) is 0 Å². The van der Waals surface area contributed by atoms with Gasteiger partial charge in [-0.25, -0.2) is 4.79 Å². The van der Waals surface area contributed by atoms with E-state index in [4.69, 9.17) is 9.47 Å². The predicted molar refractivity (Wildman–Crippen MR) is 99.7 cm³/mol. The van der Waals surface area contributed by atoms with Crippen LogP contribution in [0.4, 0.5) is 10.5 Å². The molecule has 1 unspecified atom stereocenters. The largest absolute Gasteiger partial charge is 0.382 e. The highest BCUT2D eigenvalue weighted by Crippen LogP contribution is 2.17. The van der Waals surface area contributed by atoms with E-state index in [0.717, 1.165) is 22.4 Å². The molecule has 0 aliphatic carbocycles. The summed E-state index contributed by atoms with van der Waals surface area (Å²) in [7, 11) is 1.64. The van der Waals surface area contributed by atoms with Gasteiger partial charge in [-0.2, -0.15) is 0 Å². The van der Waals surface area contributed by atoms with Crippen molar-refractivity contribution in [2.75, 3.05) is 25.6 Å². The van der Waals surface area contributed by atoms with Crippen LogP contribution >= 0.6 is 0 Å². The molecule has 5 heteroatoms. The Morgan fingerprint density at radius 1 is 1.12 bits per heavy atom. The van der Waals surface area contributed by atoms with Crippen LogP contribution in [-0.2, 0) is 16.1 Å². The van der Waals surface area contributed by atoms with Crippen molar-refractivity contribution in [1.82, 2.24) is 5.32 Å². The van der Waals surface area contributed by atoms with E-state index in [1.807, 2.05) is 62.4 Å². The molecule has 0 saturated carbocycles. The van der Waals surface area contributed by atoms with E-state index in [1.54, 1.807) is 7.11 Å². The summed E-state index contributed by atoms with van der Waals surface area (Å²) in [6, 6.07) is 15.4. The van der Waals surface area contributed by atoms with Gasteiger partial charge in [0.1, 0.15) is 0 Å². The highest BCUT2D eigenvalue weighted by Gasteiger charge is 2.11. The molecule has 0 spiro atoms. The Balaban J connectivity index is 1.88. The molecule has 0 aromatic heterocycles. The highest BCUT2D eigenvalue weighted by atomic mass is 16.5. The van der Waals surface area contributed by atoms with Gasteiger partial charge in [0.15, 0.2) is 0 Å². The van der Waals surface area contributed by atoms with Gasteiger partial charge in [0, 0.05) is 12.8 Å². The maximum absolute atomic E-state index is 12.2. The van der Waals surface area contributed by atoms with Gasteiger partial charge < -0.3 is 20.1 Å². The molecule has 0 bridgehead atoms. The molecule has 134 valence electrons. The minimum absolute atomic E-state index is 0.0678. The molecule has 0 heterocycles. The fourth-order valence-electron chi connectivity index (χ4n) is 2.59. The number of ether oxygens (including phenoxy) is 2. The summed E-state index contributed by atoms with van der Waals surface area (Å²) >= 11 is 0. The number of carbonyl (C=O) groups is 1. The Morgan fingerprint density at radius 2 is 1.92 bits per heavy atom. The summed E-state index contributed by atoms with van der Waals surface area (Å²) in [5.74, 6) is 0. The van der Waals surface area contributed by atoms with Crippen LogP contribution in [0.15, 0.2) is 48.5 Å². The Labute approximate surface area is 149 Å². The number of methoxy groups -OCH3 is 1. The molecule has 0 aliphatic rings. The topological polar surface area (TPSA) is 59.6 Å². The van der Waals surface area contributed by atoms with E-state index in [9.17, 15) is 4.79 Å². The standard InChI is InChI=1S/C20H26N2O3/c1-15-7-4-5-10-19(15)16(2)21-20(23)22-18-9-6-8-17(13-18)14-25-12-11-24-3/h4-10,13,16H,11-12,14H2,1-3H3,(H2,21,22,23). The van der Waals surface area contributed by atoms with Crippen molar-refractivity contribution in [1.29, 1.82) is 0 Å². The molecule has 25 heavy (non-hydrogen) atoms. The highest BCUT2D eigenvalue weighted by molar-refractivity contribution is 5.89. The van der Waals surface area contributed by atoms with E-state index in [1.165, 1.54) is 0 Å². The zero-order chi connectivity index (χ0) is 18.1.